The molecule has 8 nitrogen and oxygen atoms in total. The van der Waals surface area contributed by atoms with Crippen molar-refractivity contribution in [2.24, 2.45) is 0 Å². The van der Waals surface area contributed by atoms with Crippen molar-refractivity contribution in [3.05, 3.63) is 48.0 Å². The predicted octanol–water partition coefficient (Wildman–Crippen LogP) is 3.94. The summed E-state index contributed by atoms with van der Waals surface area (Å²) in [6.07, 6.45) is 3.56. The van der Waals surface area contributed by atoms with Gasteiger partial charge in [0.15, 0.2) is 0 Å². The highest BCUT2D eigenvalue weighted by Gasteiger charge is 2.27. The number of amides is 2. The summed E-state index contributed by atoms with van der Waals surface area (Å²) < 4.78 is 33.9. The molecule has 32 heavy (non-hydrogen) atoms. The number of benzene rings is 2. The Morgan fingerprint density at radius 1 is 1.09 bits per heavy atom. The molecule has 1 saturated carbocycles. The Kier molecular flexibility index (Phi) is 7.81. The molecule has 0 atom stereocenters. The Hall–Kier alpha value is -2.56. The first-order valence-electron chi connectivity index (χ1n) is 10.2. The molecule has 0 radical (unpaired) electrons. The number of hydrogen-bond donors (Lipinski definition) is 2. The minimum absolute atomic E-state index is 0.0787. The fraction of sp³-hybridized carbons (Fsp3) is 0.364. The summed E-state index contributed by atoms with van der Waals surface area (Å²) in [5, 5.41) is 2.60. The Bertz CT molecular complexity index is 1100. The van der Waals surface area contributed by atoms with Crippen molar-refractivity contribution in [2.45, 2.75) is 41.5 Å². The average Bonchev–Trinajstić information content (AvgIpc) is 3.26. The molecule has 10 heteroatoms. The first-order valence-corrected chi connectivity index (χ1v) is 12.5. The van der Waals surface area contributed by atoms with E-state index in [1.54, 1.807) is 38.4 Å². The van der Waals surface area contributed by atoms with Crippen LogP contribution < -0.4 is 14.8 Å². The van der Waals surface area contributed by atoms with Crippen LogP contribution in [-0.2, 0) is 10.0 Å². The Labute approximate surface area is 192 Å². The number of sulfonamides is 1. The van der Waals surface area contributed by atoms with Crippen LogP contribution in [-0.4, -0.2) is 51.7 Å². The molecule has 2 amide bonds. The molecule has 0 aliphatic heterocycles. The third kappa shape index (κ3) is 5.81. The van der Waals surface area contributed by atoms with E-state index in [-0.39, 0.29) is 27.5 Å². The third-order valence-electron chi connectivity index (χ3n) is 5.09. The molecule has 3 rings (SSSR count). The van der Waals surface area contributed by atoms with E-state index >= 15 is 0 Å². The summed E-state index contributed by atoms with van der Waals surface area (Å²) in [5.74, 6) is -0.324. The molecular formula is C22H27N3O5S2. The van der Waals surface area contributed by atoms with Crippen molar-refractivity contribution in [3.8, 4) is 5.75 Å². The van der Waals surface area contributed by atoms with E-state index < -0.39 is 15.9 Å². The van der Waals surface area contributed by atoms with Crippen molar-refractivity contribution in [2.75, 3.05) is 26.5 Å². The number of para-hydroxylation sites is 1. The zero-order chi connectivity index (χ0) is 23.3. The van der Waals surface area contributed by atoms with E-state index in [0.717, 1.165) is 37.4 Å². The molecule has 172 valence electrons. The number of hydrogen-bond acceptors (Lipinski definition) is 6. The van der Waals surface area contributed by atoms with Crippen LogP contribution in [0.5, 0.6) is 5.75 Å². The van der Waals surface area contributed by atoms with E-state index in [9.17, 15) is 18.0 Å². The lowest BCUT2D eigenvalue weighted by molar-refractivity contribution is 0.102. The molecule has 0 saturated heterocycles. The molecular weight excluding hydrogens is 450 g/mol. The number of thioether (sulfide) groups is 1. The highest BCUT2D eigenvalue weighted by atomic mass is 32.2. The maximum absolute atomic E-state index is 13.0. The molecule has 0 bridgehead atoms. The predicted molar refractivity (Wildman–Crippen MR) is 125 cm³/mol. The number of carbonyl (C=O) groups is 2. The molecule has 0 unspecified atom stereocenters. The molecule has 2 aromatic rings. The summed E-state index contributed by atoms with van der Waals surface area (Å²) >= 11 is 0.993. The summed E-state index contributed by atoms with van der Waals surface area (Å²) in [6.45, 7) is 0. The number of ether oxygens (including phenoxy) is 1. The molecule has 2 aromatic carbocycles. The first-order chi connectivity index (χ1) is 15.2. The zero-order valence-electron chi connectivity index (χ0n) is 18.3. The highest BCUT2D eigenvalue weighted by molar-refractivity contribution is 8.13. The van der Waals surface area contributed by atoms with Crippen molar-refractivity contribution in [1.29, 1.82) is 0 Å². The lowest BCUT2D eigenvalue weighted by Gasteiger charge is -2.16. The number of methoxy groups -OCH3 is 1. The minimum atomic E-state index is -3.86. The van der Waals surface area contributed by atoms with Crippen molar-refractivity contribution in [1.82, 2.24) is 9.62 Å². The maximum Gasteiger partial charge on any atom is 0.286 e. The van der Waals surface area contributed by atoms with Gasteiger partial charge in [0.25, 0.3) is 11.1 Å². The second-order valence-corrected chi connectivity index (χ2v) is 10.4. The molecule has 1 aliphatic rings. The van der Waals surface area contributed by atoms with Crippen LogP contribution in [0.4, 0.5) is 10.5 Å². The summed E-state index contributed by atoms with van der Waals surface area (Å²) in [5.41, 5.74) is 0.623. The number of nitrogens with one attached hydrogen (secondary N) is 2. The van der Waals surface area contributed by atoms with Crippen molar-refractivity contribution < 1.29 is 22.7 Å². The van der Waals surface area contributed by atoms with Gasteiger partial charge in [0.1, 0.15) is 10.6 Å². The monoisotopic (exact) mass is 477 g/mol. The molecule has 0 spiro atoms. The van der Waals surface area contributed by atoms with E-state index in [2.05, 4.69) is 10.0 Å². The number of nitrogens with zero attached hydrogens (tertiary/aromatic N) is 1. The standard InChI is InChI=1S/C22H27N3O5S2/c1-25(2)22(27)31-19-11-7-6-10-17(19)23-21(26)15-12-13-18(30-3)20(14-15)32(28,29)24-16-8-4-5-9-16/h6-7,10-14,16,24H,4-5,8-9H2,1-3H3,(H,23,26). The van der Waals surface area contributed by atoms with Crippen LogP contribution >= 0.6 is 11.8 Å². The minimum Gasteiger partial charge on any atom is -0.495 e. The van der Waals surface area contributed by atoms with Gasteiger partial charge in [0.05, 0.1) is 12.8 Å². The highest BCUT2D eigenvalue weighted by Crippen LogP contribution is 2.30. The van der Waals surface area contributed by atoms with Crippen LogP contribution in [0.3, 0.4) is 0 Å². The van der Waals surface area contributed by atoms with Crippen LogP contribution in [0, 0.1) is 0 Å². The van der Waals surface area contributed by atoms with E-state index in [0.29, 0.717) is 10.6 Å². The van der Waals surface area contributed by atoms with Gasteiger partial charge in [-0.15, -0.1) is 0 Å². The van der Waals surface area contributed by atoms with Gasteiger partial charge in [-0.25, -0.2) is 13.1 Å². The molecule has 0 aromatic heterocycles. The lowest BCUT2D eigenvalue weighted by atomic mass is 10.2. The SMILES string of the molecule is COc1ccc(C(=O)Nc2ccccc2SC(=O)N(C)C)cc1S(=O)(=O)NC1CCCC1. The molecule has 0 heterocycles. The van der Waals surface area contributed by atoms with Crippen molar-refractivity contribution >= 4 is 38.6 Å². The first kappa shape index (κ1) is 24.1. The second kappa shape index (κ2) is 10.4. The van der Waals surface area contributed by atoms with Crippen LogP contribution in [0.25, 0.3) is 0 Å². The number of rotatable bonds is 7. The topological polar surface area (TPSA) is 105 Å². The quantitative estimate of drug-likeness (QED) is 0.585. The summed E-state index contributed by atoms with van der Waals surface area (Å²) in [6, 6.07) is 11.1. The number of anilines is 1. The Morgan fingerprint density at radius 3 is 2.44 bits per heavy atom. The van der Waals surface area contributed by atoms with E-state index in [4.69, 9.17) is 4.74 Å². The van der Waals surface area contributed by atoms with Gasteiger partial charge in [0.2, 0.25) is 10.0 Å². The molecule has 2 N–H and O–H groups in total. The lowest BCUT2D eigenvalue weighted by Crippen LogP contribution is -2.33. The van der Waals surface area contributed by atoms with Gasteiger partial charge >= 0.3 is 0 Å². The largest absolute Gasteiger partial charge is 0.495 e. The van der Waals surface area contributed by atoms with E-state index in [1.165, 1.54) is 30.2 Å². The second-order valence-electron chi connectivity index (χ2n) is 7.68. The van der Waals surface area contributed by atoms with Crippen LogP contribution in [0.1, 0.15) is 36.0 Å². The summed E-state index contributed by atoms with van der Waals surface area (Å²) in [4.78, 5) is 27.0. The average molecular weight is 478 g/mol. The van der Waals surface area contributed by atoms with Crippen LogP contribution in [0.15, 0.2) is 52.3 Å². The van der Waals surface area contributed by atoms with Gasteiger partial charge in [-0.1, -0.05) is 25.0 Å². The smallest absolute Gasteiger partial charge is 0.286 e. The zero-order valence-corrected chi connectivity index (χ0v) is 19.9. The maximum atomic E-state index is 13.0. The van der Waals surface area contributed by atoms with Gasteiger partial charge in [-0.2, -0.15) is 0 Å². The number of carbonyl (C=O) groups excluding carboxylic acids is 2. The van der Waals surface area contributed by atoms with Gasteiger partial charge in [0, 0.05) is 30.6 Å². The van der Waals surface area contributed by atoms with Gasteiger partial charge in [-0.05, 0) is 54.9 Å². The summed E-state index contributed by atoms with van der Waals surface area (Å²) in [7, 11) is 0.826. The molecule has 1 fully saturated rings. The Morgan fingerprint density at radius 2 is 1.78 bits per heavy atom. The normalized spacial score (nSPS) is 14.2. The fourth-order valence-electron chi connectivity index (χ4n) is 3.39. The van der Waals surface area contributed by atoms with Gasteiger partial charge in [-0.3, -0.25) is 9.59 Å². The van der Waals surface area contributed by atoms with Gasteiger partial charge < -0.3 is 15.0 Å². The Balaban J connectivity index is 1.85. The van der Waals surface area contributed by atoms with Crippen LogP contribution in [0.2, 0.25) is 0 Å². The van der Waals surface area contributed by atoms with E-state index in [1.807, 2.05) is 0 Å². The van der Waals surface area contributed by atoms with Crippen molar-refractivity contribution in [3.63, 3.8) is 0 Å². The molecule has 1 aliphatic carbocycles. The fourth-order valence-corrected chi connectivity index (χ4v) is 5.64. The third-order valence-corrected chi connectivity index (χ3v) is 7.75.